The van der Waals surface area contributed by atoms with E-state index in [1.54, 1.807) is 4.52 Å². The molecule has 0 radical (unpaired) electrons. The monoisotopic (exact) mass is 371 g/mol. The number of carbonyl (C=O) groups excluding carboxylic acids is 1. The first-order chi connectivity index (χ1) is 11.1. The van der Waals surface area contributed by atoms with Crippen molar-refractivity contribution in [1.29, 1.82) is 0 Å². The fourth-order valence-corrected chi connectivity index (χ4v) is 3.34. The largest absolute Gasteiger partial charge is 0.329 e. The van der Waals surface area contributed by atoms with Crippen molar-refractivity contribution in [2.75, 3.05) is 6.54 Å². The van der Waals surface area contributed by atoms with Crippen LogP contribution in [0.4, 0.5) is 0 Å². The third kappa shape index (κ3) is 2.41. The summed E-state index contributed by atoms with van der Waals surface area (Å²) < 4.78 is 2.63. The van der Waals surface area contributed by atoms with E-state index in [2.05, 4.69) is 31.0 Å². The minimum absolute atomic E-state index is 0.0680. The maximum atomic E-state index is 12.9. The molecule has 0 bridgehead atoms. The van der Waals surface area contributed by atoms with E-state index in [9.17, 15) is 4.79 Å². The number of pyridine rings is 1. The summed E-state index contributed by atoms with van der Waals surface area (Å²) in [5.74, 6) is -0.0680. The summed E-state index contributed by atoms with van der Waals surface area (Å²) in [6.45, 7) is 2.65. The van der Waals surface area contributed by atoms with Crippen LogP contribution in [0.5, 0.6) is 0 Å². The maximum absolute atomic E-state index is 12.9. The molecule has 1 atom stereocenters. The zero-order valence-electron chi connectivity index (χ0n) is 12.5. The average molecular weight is 372 g/mol. The van der Waals surface area contributed by atoms with Gasteiger partial charge in [0.15, 0.2) is 5.69 Å². The van der Waals surface area contributed by atoms with Crippen LogP contribution in [0.1, 0.15) is 34.7 Å². The molecule has 0 N–H and O–H groups in total. The molecule has 3 aromatic heterocycles. The second-order valence-corrected chi connectivity index (χ2v) is 6.52. The van der Waals surface area contributed by atoms with Crippen LogP contribution in [0.3, 0.4) is 0 Å². The Labute approximate surface area is 141 Å². The number of fused-ring (bicyclic) bond motifs is 2. The van der Waals surface area contributed by atoms with Gasteiger partial charge in [-0.25, -0.2) is 14.5 Å². The number of rotatable bonds is 1. The van der Waals surface area contributed by atoms with Crippen LogP contribution in [0.15, 0.2) is 41.4 Å². The zero-order chi connectivity index (χ0) is 16.0. The summed E-state index contributed by atoms with van der Waals surface area (Å²) in [5, 5.41) is 4.40. The van der Waals surface area contributed by atoms with Crippen LogP contribution in [-0.2, 0) is 6.42 Å². The molecule has 0 aromatic carbocycles. The molecule has 1 aliphatic heterocycles. The molecule has 4 rings (SSSR count). The van der Waals surface area contributed by atoms with Gasteiger partial charge in [0.1, 0.15) is 6.33 Å². The van der Waals surface area contributed by atoms with Gasteiger partial charge in [-0.3, -0.25) is 4.79 Å². The van der Waals surface area contributed by atoms with E-state index in [0.717, 1.165) is 27.7 Å². The lowest BCUT2D eigenvalue weighted by atomic mass is 10.00. The van der Waals surface area contributed by atoms with Gasteiger partial charge >= 0.3 is 0 Å². The molecule has 6 nitrogen and oxygen atoms in total. The van der Waals surface area contributed by atoms with Gasteiger partial charge < -0.3 is 4.90 Å². The van der Waals surface area contributed by atoms with Crippen molar-refractivity contribution in [2.45, 2.75) is 19.4 Å². The molecule has 23 heavy (non-hydrogen) atoms. The van der Waals surface area contributed by atoms with Gasteiger partial charge in [-0.05, 0) is 53.0 Å². The van der Waals surface area contributed by atoms with E-state index >= 15 is 0 Å². The number of hydrogen-bond acceptors (Lipinski definition) is 4. The van der Waals surface area contributed by atoms with Crippen molar-refractivity contribution < 1.29 is 4.79 Å². The van der Waals surface area contributed by atoms with Gasteiger partial charge in [0.25, 0.3) is 5.91 Å². The van der Waals surface area contributed by atoms with Crippen LogP contribution in [0, 0.1) is 0 Å². The molecule has 0 spiro atoms. The van der Waals surface area contributed by atoms with Crippen molar-refractivity contribution >= 4 is 27.4 Å². The van der Waals surface area contributed by atoms with Gasteiger partial charge in [0.2, 0.25) is 0 Å². The smallest absolute Gasteiger partial charge is 0.274 e. The molecule has 0 saturated heterocycles. The molecule has 3 aromatic rings. The molecule has 0 saturated carbocycles. The highest BCUT2D eigenvalue weighted by Gasteiger charge is 2.30. The molecule has 1 unspecified atom stereocenters. The molecule has 0 fully saturated rings. The minimum atomic E-state index is -0.0780. The quantitative estimate of drug-likeness (QED) is 0.659. The van der Waals surface area contributed by atoms with Gasteiger partial charge in [0, 0.05) is 23.4 Å². The Hall–Kier alpha value is -2.28. The molecule has 116 valence electrons. The van der Waals surface area contributed by atoms with Crippen molar-refractivity contribution in [2.24, 2.45) is 0 Å². The molecular weight excluding hydrogens is 358 g/mol. The Balaban J connectivity index is 1.68. The highest BCUT2D eigenvalue weighted by Crippen LogP contribution is 2.28. The van der Waals surface area contributed by atoms with E-state index < -0.39 is 0 Å². The van der Waals surface area contributed by atoms with Crippen LogP contribution in [0.2, 0.25) is 0 Å². The molecule has 4 heterocycles. The van der Waals surface area contributed by atoms with Crippen molar-refractivity contribution in [3.8, 4) is 0 Å². The van der Waals surface area contributed by atoms with E-state index in [4.69, 9.17) is 0 Å². The molecule has 1 aliphatic rings. The van der Waals surface area contributed by atoms with Crippen molar-refractivity contribution in [3.63, 3.8) is 0 Å². The van der Waals surface area contributed by atoms with Gasteiger partial charge in [-0.1, -0.05) is 0 Å². The minimum Gasteiger partial charge on any atom is -0.329 e. The summed E-state index contributed by atoms with van der Waals surface area (Å²) in [6.07, 6.45) is 5.98. The third-order valence-corrected chi connectivity index (χ3v) is 4.68. The third-order valence-electron chi connectivity index (χ3n) is 4.21. The fraction of sp³-hybridized carbons (Fsp3) is 0.250. The van der Waals surface area contributed by atoms with Gasteiger partial charge in [0.05, 0.1) is 17.3 Å². The Morgan fingerprint density at radius 2 is 2.26 bits per heavy atom. The Morgan fingerprint density at radius 1 is 1.39 bits per heavy atom. The first kappa shape index (κ1) is 14.3. The predicted molar refractivity (Wildman–Crippen MR) is 88.1 cm³/mol. The lowest BCUT2D eigenvalue weighted by Crippen LogP contribution is -2.39. The summed E-state index contributed by atoms with van der Waals surface area (Å²) in [6, 6.07) is 5.60. The molecule has 1 amide bonds. The average Bonchev–Trinajstić information content (AvgIpc) is 2.98. The lowest BCUT2D eigenvalue weighted by molar-refractivity contribution is 0.0666. The van der Waals surface area contributed by atoms with E-state index in [1.807, 2.05) is 42.4 Å². The summed E-state index contributed by atoms with van der Waals surface area (Å²) in [4.78, 5) is 23.1. The normalized spacial score (nSPS) is 17.3. The zero-order valence-corrected chi connectivity index (χ0v) is 14.1. The number of carbonyl (C=O) groups is 1. The van der Waals surface area contributed by atoms with E-state index in [0.29, 0.717) is 12.2 Å². The van der Waals surface area contributed by atoms with Gasteiger partial charge in [-0.15, -0.1) is 0 Å². The first-order valence-corrected chi connectivity index (χ1v) is 8.17. The number of nitrogens with zero attached hydrogens (tertiary/aromatic N) is 5. The second kappa shape index (κ2) is 5.42. The first-order valence-electron chi connectivity index (χ1n) is 7.38. The second-order valence-electron chi connectivity index (χ2n) is 5.60. The number of aromatic nitrogens is 4. The van der Waals surface area contributed by atoms with Gasteiger partial charge in [-0.2, -0.15) is 5.10 Å². The molecule has 0 aliphatic carbocycles. The Kier molecular flexibility index (Phi) is 3.37. The summed E-state index contributed by atoms with van der Waals surface area (Å²) in [7, 11) is 0. The summed E-state index contributed by atoms with van der Waals surface area (Å²) >= 11 is 3.41. The number of hydrogen-bond donors (Lipinski definition) is 0. The Bertz CT molecular complexity index is 906. The van der Waals surface area contributed by atoms with Crippen LogP contribution in [-0.4, -0.2) is 36.9 Å². The van der Waals surface area contributed by atoms with Crippen LogP contribution >= 0.6 is 15.9 Å². The number of halogens is 1. The van der Waals surface area contributed by atoms with E-state index in [1.165, 1.54) is 6.33 Å². The standard InChI is InChI=1S/C16H14BrN5O/c1-10-15-11(7-18-9-19-15)4-5-21(10)16(23)14-6-13-3-2-12(17)8-22(13)20-14/h2-3,6-10H,4-5H2,1H3. The highest BCUT2D eigenvalue weighted by molar-refractivity contribution is 9.10. The predicted octanol–water partition coefficient (Wildman–Crippen LogP) is 2.65. The molecular formula is C16H14BrN5O. The van der Waals surface area contributed by atoms with Crippen LogP contribution in [0.25, 0.3) is 5.52 Å². The molecule has 7 heteroatoms. The van der Waals surface area contributed by atoms with E-state index in [-0.39, 0.29) is 11.9 Å². The topological polar surface area (TPSA) is 63.4 Å². The highest BCUT2D eigenvalue weighted by atomic mass is 79.9. The van der Waals surface area contributed by atoms with Crippen molar-refractivity contribution in [1.82, 2.24) is 24.5 Å². The maximum Gasteiger partial charge on any atom is 0.274 e. The Morgan fingerprint density at radius 3 is 3.13 bits per heavy atom. The summed E-state index contributed by atoms with van der Waals surface area (Å²) in [5.41, 5.74) is 3.38. The lowest BCUT2D eigenvalue weighted by Gasteiger charge is -2.33. The van der Waals surface area contributed by atoms with Crippen LogP contribution < -0.4 is 0 Å². The SMILES string of the molecule is CC1c2ncncc2CCN1C(=O)c1cc2ccc(Br)cn2n1. The fourth-order valence-electron chi connectivity index (χ4n) is 3.01. The number of amides is 1. The van der Waals surface area contributed by atoms with Crippen molar-refractivity contribution in [3.05, 3.63) is 58.3 Å².